The molecular formula is C18H22O5. The number of carbonyl (C=O) groups excluding carboxylic acids is 2. The highest BCUT2D eigenvalue weighted by Gasteiger charge is 2.67. The van der Waals surface area contributed by atoms with Gasteiger partial charge in [-0.3, -0.25) is 4.79 Å². The molecule has 2 saturated carbocycles. The number of esters is 2. The second-order valence-corrected chi connectivity index (χ2v) is 6.81. The molecule has 0 aromatic carbocycles. The van der Waals surface area contributed by atoms with Gasteiger partial charge in [0, 0.05) is 11.8 Å². The van der Waals surface area contributed by atoms with Crippen LogP contribution in [0.5, 0.6) is 0 Å². The van der Waals surface area contributed by atoms with Crippen molar-refractivity contribution < 1.29 is 23.8 Å². The second-order valence-electron chi connectivity index (χ2n) is 6.81. The first-order valence-electron chi connectivity index (χ1n) is 8.58. The summed E-state index contributed by atoms with van der Waals surface area (Å²) in [6, 6.07) is 0. The molecule has 1 heterocycles. The molecule has 1 aliphatic heterocycles. The molecule has 1 saturated heterocycles. The third-order valence-electron chi connectivity index (χ3n) is 5.46. The van der Waals surface area contributed by atoms with Gasteiger partial charge in [0.15, 0.2) is 0 Å². The van der Waals surface area contributed by atoms with Crippen molar-refractivity contribution in [1.29, 1.82) is 0 Å². The predicted octanol–water partition coefficient (Wildman–Crippen LogP) is 2.16. The molecule has 0 N–H and O–H groups in total. The maximum atomic E-state index is 12.2. The Bertz CT molecular complexity index is 560. The molecule has 5 nitrogen and oxygen atoms in total. The normalized spacial score (nSPS) is 40.1. The van der Waals surface area contributed by atoms with Crippen LogP contribution in [0.2, 0.25) is 0 Å². The van der Waals surface area contributed by atoms with Crippen molar-refractivity contribution in [3.63, 3.8) is 0 Å². The lowest BCUT2D eigenvalue weighted by Crippen LogP contribution is -2.41. The molecule has 0 spiro atoms. The first-order valence-corrected chi connectivity index (χ1v) is 8.58. The van der Waals surface area contributed by atoms with Crippen LogP contribution in [0.4, 0.5) is 0 Å². The molecule has 0 amide bonds. The highest BCUT2D eigenvalue weighted by Crippen LogP contribution is 2.58. The number of fused-ring (bicyclic) bond motifs is 5. The molecule has 0 radical (unpaired) electrons. The largest absolute Gasteiger partial charge is 0.466 e. The molecule has 4 aliphatic rings. The topological polar surface area (TPSA) is 65.1 Å². The molecule has 3 aliphatic carbocycles. The van der Waals surface area contributed by atoms with Gasteiger partial charge >= 0.3 is 11.9 Å². The van der Waals surface area contributed by atoms with Gasteiger partial charge in [0.2, 0.25) is 0 Å². The standard InChI is InChI=1S/C18H22O5/c1-2-21-18(20)14-12-8-11(9-13(14)16-15(12)23-16)22-17(19)10-6-4-3-5-7-10/h4,6-7,11-16H,2-3,5,8-9H2,1H3. The number of allylic oxidation sites excluding steroid dienone is 2. The predicted molar refractivity (Wildman–Crippen MR) is 81.3 cm³/mol. The van der Waals surface area contributed by atoms with E-state index in [-0.39, 0.29) is 48.0 Å². The zero-order valence-corrected chi connectivity index (χ0v) is 13.3. The van der Waals surface area contributed by atoms with E-state index in [1.54, 1.807) is 0 Å². The van der Waals surface area contributed by atoms with Gasteiger partial charge in [-0.25, -0.2) is 4.79 Å². The summed E-state index contributed by atoms with van der Waals surface area (Å²) in [6.45, 7) is 2.24. The zero-order valence-electron chi connectivity index (χ0n) is 13.3. The van der Waals surface area contributed by atoms with Crippen LogP contribution in [-0.4, -0.2) is 36.9 Å². The molecule has 124 valence electrons. The number of carbonyl (C=O) groups is 2. The van der Waals surface area contributed by atoms with Gasteiger partial charge < -0.3 is 14.2 Å². The first kappa shape index (κ1) is 14.9. The summed E-state index contributed by atoms with van der Waals surface area (Å²) in [6.07, 6.45) is 9.24. The van der Waals surface area contributed by atoms with Gasteiger partial charge in [-0.2, -0.15) is 0 Å². The lowest BCUT2D eigenvalue weighted by atomic mass is 9.76. The van der Waals surface area contributed by atoms with Gasteiger partial charge in [-0.05, 0) is 32.6 Å². The van der Waals surface area contributed by atoms with Crippen molar-refractivity contribution in [3.8, 4) is 0 Å². The third kappa shape index (κ3) is 2.61. The van der Waals surface area contributed by atoms with E-state index in [1.165, 1.54) is 0 Å². The van der Waals surface area contributed by atoms with Crippen LogP contribution in [0.25, 0.3) is 0 Å². The van der Waals surface area contributed by atoms with Gasteiger partial charge in [-0.1, -0.05) is 18.2 Å². The number of epoxide rings is 1. The molecule has 23 heavy (non-hydrogen) atoms. The Labute approximate surface area is 135 Å². The second kappa shape index (κ2) is 5.78. The minimum atomic E-state index is -0.241. The van der Waals surface area contributed by atoms with E-state index in [0.29, 0.717) is 25.0 Å². The summed E-state index contributed by atoms with van der Waals surface area (Å²) in [4.78, 5) is 24.4. The molecule has 4 rings (SSSR count). The van der Waals surface area contributed by atoms with Crippen LogP contribution in [0.1, 0.15) is 32.6 Å². The number of hydrogen-bond acceptors (Lipinski definition) is 5. The van der Waals surface area contributed by atoms with Crippen molar-refractivity contribution in [1.82, 2.24) is 0 Å². The molecule has 0 aromatic heterocycles. The monoisotopic (exact) mass is 318 g/mol. The van der Waals surface area contributed by atoms with E-state index >= 15 is 0 Å². The minimum Gasteiger partial charge on any atom is -0.466 e. The van der Waals surface area contributed by atoms with Crippen molar-refractivity contribution >= 4 is 11.9 Å². The fraction of sp³-hybridized carbons (Fsp3) is 0.667. The lowest BCUT2D eigenvalue weighted by Gasteiger charge is -2.35. The lowest BCUT2D eigenvalue weighted by molar-refractivity contribution is -0.160. The van der Waals surface area contributed by atoms with E-state index in [9.17, 15) is 9.59 Å². The fourth-order valence-electron chi connectivity index (χ4n) is 4.48. The highest BCUT2D eigenvalue weighted by atomic mass is 16.6. The Morgan fingerprint density at radius 3 is 2.57 bits per heavy atom. The average Bonchev–Trinajstić information content (AvgIpc) is 3.32. The van der Waals surface area contributed by atoms with Crippen LogP contribution in [0, 0.1) is 17.8 Å². The summed E-state index contributed by atoms with van der Waals surface area (Å²) in [5, 5.41) is 0. The van der Waals surface area contributed by atoms with Crippen LogP contribution in [0.3, 0.4) is 0 Å². The quantitative estimate of drug-likeness (QED) is 0.587. The van der Waals surface area contributed by atoms with Crippen molar-refractivity contribution in [2.24, 2.45) is 17.8 Å². The summed E-state index contributed by atoms with van der Waals surface area (Å²) in [5.41, 5.74) is 0.650. The van der Waals surface area contributed by atoms with Crippen LogP contribution >= 0.6 is 0 Å². The number of ether oxygens (including phenoxy) is 3. The smallest absolute Gasteiger partial charge is 0.338 e. The summed E-state index contributed by atoms with van der Waals surface area (Å²) >= 11 is 0. The van der Waals surface area contributed by atoms with Crippen LogP contribution < -0.4 is 0 Å². The summed E-state index contributed by atoms with van der Waals surface area (Å²) in [7, 11) is 0. The van der Waals surface area contributed by atoms with Gasteiger partial charge in [0.1, 0.15) is 6.10 Å². The average molecular weight is 318 g/mol. The zero-order chi connectivity index (χ0) is 16.0. The molecule has 3 fully saturated rings. The third-order valence-corrected chi connectivity index (χ3v) is 5.46. The fourth-order valence-corrected chi connectivity index (χ4v) is 4.48. The van der Waals surface area contributed by atoms with Gasteiger partial charge in [0.25, 0.3) is 0 Å². The summed E-state index contributed by atoms with van der Waals surface area (Å²) in [5.74, 6) is -0.170. The van der Waals surface area contributed by atoms with E-state index in [0.717, 1.165) is 12.8 Å². The Balaban J connectivity index is 1.41. The van der Waals surface area contributed by atoms with E-state index in [2.05, 4.69) is 0 Å². The molecule has 5 heteroatoms. The molecular weight excluding hydrogens is 296 g/mol. The van der Waals surface area contributed by atoms with E-state index < -0.39 is 0 Å². The molecule has 4 unspecified atom stereocenters. The maximum absolute atomic E-state index is 12.2. The maximum Gasteiger partial charge on any atom is 0.338 e. The molecule has 4 atom stereocenters. The van der Waals surface area contributed by atoms with Crippen LogP contribution in [0.15, 0.2) is 23.8 Å². The number of hydrogen-bond donors (Lipinski definition) is 0. The van der Waals surface area contributed by atoms with Gasteiger partial charge in [-0.15, -0.1) is 0 Å². The van der Waals surface area contributed by atoms with Crippen LogP contribution in [-0.2, 0) is 23.8 Å². The molecule has 2 bridgehead atoms. The SMILES string of the molecule is CCOC(=O)C1C2CC(OC(=O)C3=CCCC=C3)CC1C1OC21. The Kier molecular flexibility index (Phi) is 3.76. The Morgan fingerprint density at radius 2 is 1.96 bits per heavy atom. The van der Waals surface area contributed by atoms with Crippen molar-refractivity contribution in [3.05, 3.63) is 23.8 Å². The Morgan fingerprint density at radius 1 is 1.22 bits per heavy atom. The van der Waals surface area contributed by atoms with Crippen molar-refractivity contribution in [2.75, 3.05) is 6.61 Å². The minimum absolute atomic E-state index is 0.0811. The first-order chi connectivity index (χ1) is 11.2. The van der Waals surface area contributed by atoms with E-state index in [1.807, 2.05) is 25.2 Å². The van der Waals surface area contributed by atoms with Gasteiger partial charge in [0.05, 0.1) is 30.3 Å². The van der Waals surface area contributed by atoms with E-state index in [4.69, 9.17) is 14.2 Å². The van der Waals surface area contributed by atoms with Crippen molar-refractivity contribution in [2.45, 2.75) is 50.9 Å². The Hall–Kier alpha value is -1.62. The highest BCUT2D eigenvalue weighted by molar-refractivity contribution is 5.91. The molecule has 0 aromatic rings. The summed E-state index contributed by atoms with van der Waals surface area (Å²) < 4.78 is 16.6. The number of rotatable bonds is 4.